The van der Waals surface area contributed by atoms with Gasteiger partial charge in [-0.1, -0.05) is 32.3 Å². The summed E-state index contributed by atoms with van der Waals surface area (Å²) in [7, 11) is 3.12. The van der Waals surface area contributed by atoms with Gasteiger partial charge in [0.2, 0.25) is 5.91 Å². The van der Waals surface area contributed by atoms with E-state index < -0.39 is 11.4 Å². The molecule has 10 nitrogen and oxygen atoms in total. The molecule has 1 aliphatic carbocycles. The van der Waals surface area contributed by atoms with Gasteiger partial charge in [0, 0.05) is 25.2 Å². The molecule has 2 N–H and O–H groups in total. The largest absolute Gasteiger partial charge is 0.493 e. The maximum Gasteiger partial charge on any atom is 0.273 e. The van der Waals surface area contributed by atoms with E-state index in [2.05, 4.69) is 22.7 Å². The highest BCUT2D eigenvalue weighted by molar-refractivity contribution is 6.02. The third-order valence-corrected chi connectivity index (χ3v) is 7.35. The summed E-state index contributed by atoms with van der Waals surface area (Å²) in [6.45, 7) is 4.76. The number of carbonyl (C=O) groups excluding carboxylic acids is 3. The molecule has 1 aliphatic heterocycles. The Balaban J connectivity index is 1.52. The third kappa shape index (κ3) is 5.42. The molecule has 1 aromatic carbocycles. The van der Waals surface area contributed by atoms with E-state index in [0.29, 0.717) is 23.7 Å². The second-order valence-corrected chi connectivity index (χ2v) is 9.98. The van der Waals surface area contributed by atoms with E-state index in [9.17, 15) is 14.4 Å². The van der Waals surface area contributed by atoms with Gasteiger partial charge in [0.05, 0.1) is 20.8 Å². The first-order valence-corrected chi connectivity index (χ1v) is 13.0. The van der Waals surface area contributed by atoms with Crippen LogP contribution in [0.15, 0.2) is 24.3 Å². The molecule has 3 amide bonds. The lowest BCUT2D eigenvalue weighted by molar-refractivity contribution is -0.133. The quantitative estimate of drug-likeness (QED) is 0.507. The highest BCUT2D eigenvalue weighted by Crippen LogP contribution is 2.30. The smallest absolute Gasteiger partial charge is 0.273 e. The topological polar surface area (TPSA) is 115 Å². The number of aromatic nitrogens is 2. The number of ether oxygens (including phenoxy) is 2. The minimum atomic E-state index is -1.08. The number of methoxy groups -OCH3 is 2. The number of benzene rings is 1. The van der Waals surface area contributed by atoms with E-state index in [1.165, 1.54) is 10.7 Å². The molecular formula is C27H37N5O5. The summed E-state index contributed by atoms with van der Waals surface area (Å²) in [4.78, 5) is 41.6. The van der Waals surface area contributed by atoms with Crippen LogP contribution in [0.2, 0.25) is 0 Å². The van der Waals surface area contributed by atoms with E-state index in [1.807, 2.05) is 6.07 Å². The van der Waals surface area contributed by atoms with Crippen molar-refractivity contribution in [1.82, 2.24) is 25.3 Å². The molecule has 4 rings (SSSR count). The van der Waals surface area contributed by atoms with Crippen molar-refractivity contribution in [2.75, 3.05) is 20.8 Å². The molecule has 200 valence electrons. The van der Waals surface area contributed by atoms with Crippen molar-refractivity contribution in [1.29, 1.82) is 0 Å². The molecular weight excluding hydrogens is 474 g/mol. The van der Waals surface area contributed by atoms with Gasteiger partial charge < -0.3 is 25.0 Å². The fraction of sp³-hybridized carbons (Fsp3) is 0.556. The number of nitrogens with zero attached hydrogens (tertiary/aromatic N) is 3. The second kappa shape index (κ2) is 11.2. The minimum Gasteiger partial charge on any atom is -0.493 e. The van der Waals surface area contributed by atoms with Gasteiger partial charge in [-0.05, 0) is 43.9 Å². The lowest BCUT2D eigenvalue weighted by Crippen LogP contribution is -2.65. The number of rotatable bonds is 10. The first-order chi connectivity index (χ1) is 17.8. The van der Waals surface area contributed by atoms with Gasteiger partial charge in [-0.25, -0.2) is 0 Å². The lowest BCUT2D eigenvalue weighted by Gasteiger charge is -2.43. The van der Waals surface area contributed by atoms with Crippen LogP contribution in [-0.4, -0.2) is 64.7 Å². The van der Waals surface area contributed by atoms with Crippen LogP contribution in [-0.2, 0) is 17.9 Å². The summed E-state index contributed by atoms with van der Waals surface area (Å²) in [5.41, 5.74) is 0.201. The lowest BCUT2D eigenvalue weighted by atomic mass is 9.94. The van der Waals surface area contributed by atoms with Gasteiger partial charge >= 0.3 is 0 Å². The van der Waals surface area contributed by atoms with Gasteiger partial charge in [0.1, 0.15) is 11.2 Å². The van der Waals surface area contributed by atoms with Gasteiger partial charge in [0.25, 0.3) is 11.8 Å². The zero-order valence-corrected chi connectivity index (χ0v) is 22.1. The van der Waals surface area contributed by atoms with E-state index in [0.717, 1.165) is 44.1 Å². The third-order valence-electron chi connectivity index (χ3n) is 7.35. The predicted molar refractivity (Wildman–Crippen MR) is 138 cm³/mol. The summed E-state index contributed by atoms with van der Waals surface area (Å²) in [5.74, 6) is 0.325. The fourth-order valence-electron chi connectivity index (χ4n) is 5.09. The van der Waals surface area contributed by atoms with Crippen LogP contribution in [0.25, 0.3) is 0 Å². The normalized spacial score (nSPS) is 19.5. The molecule has 2 heterocycles. The van der Waals surface area contributed by atoms with Crippen LogP contribution in [0.1, 0.15) is 78.9 Å². The maximum absolute atomic E-state index is 13.6. The zero-order valence-electron chi connectivity index (χ0n) is 22.1. The van der Waals surface area contributed by atoms with Gasteiger partial charge in [0.15, 0.2) is 17.2 Å². The van der Waals surface area contributed by atoms with Crippen LogP contribution in [0.3, 0.4) is 0 Å². The zero-order chi connectivity index (χ0) is 26.6. The Bertz CT molecular complexity index is 1160. The van der Waals surface area contributed by atoms with Crippen molar-refractivity contribution in [3.8, 4) is 11.5 Å². The highest BCUT2D eigenvalue weighted by Gasteiger charge is 2.48. The van der Waals surface area contributed by atoms with Gasteiger partial charge in [-0.3, -0.25) is 19.1 Å². The molecule has 2 aliphatic rings. The molecule has 1 atom stereocenters. The van der Waals surface area contributed by atoms with Crippen molar-refractivity contribution in [3.63, 3.8) is 0 Å². The number of hydrogen-bond acceptors (Lipinski definition) is 6. The molecule has 2 aromatic rings. The fourth-order valence-corrected chi connectivity index (χ4v) is 5.09. The van der Waals surface area contributed by atoms with Crippen molar-refractivity contribution in [2.45, 2.75) is 77.0 Å². The first kappa shape index (κ1) is 26.5. The van der Waals surface area contributed by atoms with E-state index in [4.69, 9.17) is 9.47 Å². The number of unbranched alkanes of at least 4 members (excludes halogenated alkanes) is 1. The molecule has 37 heavy (non-hydrogen) atoms. The van der Waals surface area contributed by atoms with E-state index in [1.54, 1.807) is 38.2 Å². The van der Waals surface area contributed by atoms with Crippen LogP contribution < -0.4 is 20.1 Å². The van der Waals surface area contributed by atoms with Crippen LogP contribution in [0, 0.1) is 0 Å². The Morgan fingerprint density at radius 1 is 1.14 bits per heavy atom. The number of nitrogens with one attached hydrogen (secondary N) is 2. The Hall–Kier alpha value is -3.56. The summed E-state index contributed by atoms with van der Waals surface area (Å²) < 4.78 is 12.1. The molecule has 0 radical (unpaired) electrons. The van der Waals surface area contributed by atoms with E-state index in [-0.39, 0.29) is 36.6 Å². The van der Waals surface area contributed by atoms with Crippen LogP contribution in [0.4, 0.5) is 0 Å². The molecule has 1 aromatic heterocycles. The Kier molecular flexibility index (Phi) is 8.04. The van der Waals surface area contributed by atoms with Crippen molar-refractivity contribution < 1.29 is 23.9 Å². The highest BCUT2D eigenvalue weighted by atomic mass is 16.5. The average molecular weight is 512 g/mol. The predicted octanol–water partition coefficient (Wildman–Crippen LogP) is 2.90. The van der Waals surface area contributed by atoms with Crippen molar-refractivity contribution in [2.24, 2.45) is 0 Å². The molecule has 1 saturated carbocycles. The van der Waals surface area contributed by atoms with Crippen molar-refractivity contribution >= 4 is 17.7 Å². The summed E-state index contributed by atoms with van der Waals surface area (Å²) in [6, 6.07) is 7.06. The average Bonchev–Trinajstić information content (AvgIpc) is 3.57. The van der Waals surface area contributed by atoms with Crippen LogP contribution in [0.5, 0.6) is 11.5 Å². The molecule has 1 fully saturated rings. The van der Waals surface area contributed by atoms with Crippen LogP contribution >= 0.6 is 0 Å². The first-order valence-electron chi connectivity index (χ1n) is 13.0. The second-order valence-electron chi connectivity index (χ2n) is 9.98. The number of amides is 3. The Morgan fingerprint density at radius 2 is 1.86 bits per heavy atom. The minimum absolute atomic E-state index is 0.139. The number of hydrogen-bond donors (Lipinski definition) is 2. The number of fused-ring (bicyclic) bond motifs is 1. The Morgan fingerprint density at radius 3 is 2.54 bits per heavy atom. The van der Waals surface area contributed by atoms with Gasteiger partial charge in [-0.15, -0.1) is 0 Å². The van der Waals surface area contributed by atoms with Gasteiger partial charge in [-0.2, -0.15) is 5.10 Å². The van der Waals surface area contributed by atoms with E-state index >= 15 is 0 Å². The summed E-state index contributed by atoms with van der Waals surface area (Å²) >= 11 is 0. The molecule has 0 spiro atoms. The molecule has 0 unspecified atom stereocenters. The monoisotopic (exact) mass is 511 g/mol. The SMILES string of the molecule is CCCCN1C(=O)c2cc(C(=O)NCc3ccc(OC)c(OC)c3)nn2C[C@@]1(C)C(=O)NC1CCCC1. The maximum atomic E-state index is 13.6. The van der Waals surface area contributed by atoms with Crippen molar-refractivity contribution in [3.05, 3.63) is 41.2 Å². The molecule has 0 saturated heterocycles. The standard InChI is InChI=1S/C27H37N5O5/c1-5-6-13-31-25(34)21-15-20(24(33)28-16-18-11-12-22(36-3)23(14-18)37-4)30-32(21)17-27(31,2)26(35)29-19-9-7-8-10-19/h11-12,14-15,19H,5-10,13,16-17H2,1-4H3,(H,28,33)(H,29,35)/t27-/m0/s1. The molecule has 10 heteroatoms. The number of carbonyl (C=O) groups is 3. The molecule has 0 bridgehead atoms. The summed E-state index contributed by atoms with van der Waals surface area (Å²) in [5, 5.41) is 10.4. The summed E-state index contributed by atoms with van der Waals surface area (Å²) in [6.07, 6.45) is 5.80. The Labute approximate surface area is 217 Å².